The van der Waals surface area contributed by atoms with Gasteiger partial charge in [-0.05, 0) is 31.0 Å². The summed E-state index contributed by atoms with van der Waals surface area (Å²) in [5.74, 6) is 0. The maximum Gasteiger partial charge on any atom is 0.270 e. The van der Waals surface area contributed by atoms with E-state index in [9.17, 15) is 4.79 Å². The van der Waals surface area contributed by atoms with Crippen molar-refractivity contribution in [1.82, 2.24) is 9.78 Å². The number of aromatic nitrogens is 2. The van der Waals surface area contributed by atoms with E-state index in [0.29, 0.717) is 6.54 Å². The lowest BCUT2D eigenvalue weighted by molar-refractivity contribution is 0.656. The molecule has 0 aliphatic carbocycles. The first-order chi connectivity index (χ1) is 8.11. The normalized spacial score (nSPS) is 10.8. The molecule has 1 heterocycles. The highest BCUT2D eigenvalue weighted by molar-refractivity contribution is 9.10. The van der Waals surface area contributed by atoms with Crippen molar-refractivity contribution < 1.29 is 0 Å². The predicted octanol–water partition coefficient (Wildman–Crippen LogP) is 2.86. The Balaban J connectivity index is 2.34. The monoisotopic (exact) mass is 294 g/mol. The Hall–Kier alpha value is -1.29. The van der Waals surface area contributed by atoms with Crippen LogP contribution in [0, 0.1) is 6.92 Å². The molecule has 0 unspecified atom stereocenters. The average Bonchev–Trinajstić information content (AvgIpc) is 2.54. The molecule has 0 fully saturated rings. The van der Waals surface area contributed by atoms with E-state index in [1.807, 2.05) is 38.1 Å². The van der Waals surface area contributed by atoms with Crippen molar-refractivity contribution in [1.29, 1.82) is 0 Å². The molecule has 1 N–H and O–H groups in total. The lowest BCUT2D eigenvalue weighted by Gasteiger charge is -2.02. The van der Waals surface area contributed by atoms with Crippen LogP contribution in [0.5, 0.6) is 0 Å². The van der Waals surface area contributed by atoms with E-state index in [0.717, 1.165) is 27.7 Å². The quantitative estimate of drug-likeness (QED) is 0.929. The molecule has 0 spiro atoms. The molecule has 0 amide bonds. The van der Waals surface area contributed by atoms with Crippen molar-refractivity contribution in [3.05, 3.63) is 55.9 Å². The molecule has 0 saturated carbocycles. The van der Waals surface area contributed by atoms with Gasteiger partial charge in [0.25, 0.3) is 5.56 Å². The van der Waals surface area contributed by atoms with E-state index < -0.39 is 0 Å². The fourth-order valence-electron chi connectivity index (χ4n) is 1.99. The molecule has 1 aromatic carbocycles. The van der Waals surface area contributed by atoms with Gasteiger partial charge in [-0.1, -0.05) is 35.0 Å². The van der Waals surface area contributed by atoms with Crippen LogP contribution in [-0.4, -0.2) is 9.78 Å². The van der Waals surface area contributed by atoms with E-state index in [1.165, 1.54) is 0 Å². The summed E-state index contributed by atoms with van der Waals surface area (Å²) in [6.07, 6.45) is 0.770. The lowest BCUT2D eigenvalue weighted by Crippen LogP contribution is -2.19. The maximum atomic E-state index is 12.0. The molecular weight excluding hydrogens is 280 g/mol. The maximum absolute atomic E-state index is 12.0. The Morgan fingerprint density at radius 3 is 2.76 bits per heavy atom. The topological polar surface area (TPSA) is 37.8 Å². The molecular formula is C13H15BrN2O. The van der Waals surface area contributed by atoms with E-state index in [1.54, 1.807) is 4.68 Å². The van der Waals surface area contributed by atoms with Crippen molar-refractivity contribution >= 4 is 15.9 Å². The Morgan fingerprint density at radius 2 is 2.18 bits per heavy atom. The molecule has 0 atom stereocenters. The highest BCUT2D eigenvalue weighted by Crippen LogP contribution is 2.12. The van der Waals surface area contributed by atoms with Crippen molar-refractivity contribution in [2.75, 3.05) is 0 Å². The van der Waals surface area contributed by atoms with Gasteiger partial charge in [-0.15, -0.1) is 0 Å². The molecule has 17 heavy (non-hydrogen) atoms. The molecule has 2 rings (SSSR count). The van der Waals surface area contributed by atoms with Crippen LogP contribution in [-0.2, 0) is 13.0 Å². The summed E-state index contributed by atoms with van der Waals surface area (Å²) in [6, 6.07) is 7.98. The predicted molar refractivity (Wildman–Crippen MR) is 72.4 cm³/mol. The Kier molecular flexibility index (Phi) is 3.52. The highest BCUT2D eigenvalue weighted by Gasteiger charge is 2.09. The second-order valence-electron chi connectivity index (χ2n) is 4.09. The van der Waals surface area contributed by atoms with Gasteiger partial charge in [-0.3, -0.25) is 9.89 Å². The third-order valence-corrected chi connectivity index (χ3v) is 3.34. The number of rotatable bonds is 3. The van der Waals surface area contributed by atoms with Crippen molar-refractivity contribution in [3.63, 3.8) is 0 Å². The van der Waals surface area contributed by atoms with E-state index in [-0.39, 0.29) is 5.56 Å². The van der Waals surface area contributed by atoms with Gasteiger partial charge in [0.05, 0.1) is 6.54 Å². The number of nitrogens with one attached hydrogen (secondary N) is 1. The summed E-state index contributed by atoms with van der Waals surface area (Å²) in [4.78, 5) is 12.0. The minimum atomic E-state index is 0.0879. The van der Waals surface area contributed by atoms with Crippen molar-refractivity contribution in [2.45, 2.75) is 26.8 Å². The molecule has 0 bridgehead atoms. The molecule has 1 aromatic heterocycles. The van der Waals surface area contributed by atoms with E-state index in [2.05, 4.69) is 21.0 Å². The average molecular weight is 295 g/mol. The number of hydrogen-bond acceptors (Lipinski definition) is 1. The summed E-state index contributed by atoms with van der Waals surface area (Å²) in [5.41, 5.74) is 3.03. The number of H-pyrrole nitrogens is 1. The Morgan fingerprint density at radius 1 is 1.41 bits per heavy atom. The molecule has 0 aliphatic rings. The minimum absolute atomic E-state index is 0.0879. The number of aromatic amines is 1. The van der Waals surface area contributed by atoms with Gasteiger partial charge in [0.1, 0.15) is 0 Å². The fraction of sp³-hybridized carbons (Fsp3) is 0.308. The zero-order valence-corrected chi connectivity index (χ0v) is 11.5. The third-order valence-electron chi connectivity index (χ3n) is 2.84. The summed E-state index contributed by atoms with van der Waals surface area (Å²) in [6.45, 7) is 4.53. The van der Waals surface area contributed by atoms with Crippen LogP contribution in [0.4, 0.5) is 0 Å². The molecule has 0 aliphatic heterocycles. The van der Waals surface area contributed by atoms with Crippen LogP contribution in [0.2, 0.25) is 0 Å². The first-order valence-electron chi connectivity index (χ1n) is 5.64. The zero-order valence-electron chi connectivity index (χ0n) is 9.96. The first-order valence-corrected chi connectivity index (χ1v) is 6.44. The lowest BCUT2D eigenvalue weighted by atomic mass is 10.2. The van der Waals surface area contributed by atoms with Crippen LogP contribution < -0.4 is 5.56 Å². The molecule has 0 saturated heterocycles. The second kappa shape index (κ2) is 4.92. The van der Waals surface area contributed by atoms with E-state index >= 15 is 0 Å². The highest BCUT2D eigenvalue weighted by atomic mass is 79.9. The molecule has 3 nitrogen and oxygen atoms in total. The number of aryl methyl sites for hydroxylation is 1. The summed E-state index contributed by atoms with van der Waals surface area (Å²) < 4.78 is 2.69. The van der Waals surface area contributed by atoms with Gasteiger partial charge in [0.15, 0.2) is 0 Å². The zero-order chi connectivity index (χ0) is 12.4. The van der Waals surface area contributed by atoms with Gasteiger partial charge in [0, 0.05) is 15.7 Å². The number of hydrogen-bond donors (Lipinski definition) is 1. The van der Waals surface area contributed by atoms with Gasteiger partial charge in [0.2, 0.25) is 0 Å². The molecule has 90 valence electrons. The molecule has 4 heteroatoms. The van der Waals surface area contributed by atoms with Crippen LogP contribution in [0.15, 0.2) is 33.5 Å². The number of halogens is 1. The van der Waals surface area contributed by atoms with E-state index in [4.69, 9.17) is 0 Å². The van der Waals surface area contributed by atoms with Crippen molar-refractivity contribution in [2.24, 2.45) is 0 Å². The minimum Gasteiger partial charge on any atom is -0.299 e. The first kappa shape index (κ1) is 12.2. The van der Waals surface area contributed by atoms with Gasteiger partial charge < -0.3 is 0 Å². The molecule has 2 aromatic rings. The third kappa shape index (κ3) is 2.52. The van der Waals surface area contributed by atoms with Crippen molar-refractivity contribution in [3.8, 4) is 0 Å². The van der Waals surface area contributed by atoms with Gasteiger partial charge in [-0.25, -0.2) is 4.68 Å². The second-order valence-corrected chi connectivity index (χ2v) is 5.01. The largest absolute Gasteiger partial charge is 0.299 e. The van der Waals surface area contributed by atoms with Crippen LogP contribution in [0.1, 0.15) is 23.7 Å². The summed E-state index contributed by atoms with van der Waals surface area (Å²) >= 11 is 3.43. The SMILES string of the molecule is CCc1c(C)[nH]n(Cc2cccc(Br)c2)c1=O. The fourth-order valence-corrected chi connectivity index (χ4v) is 2.44. The number of benzene rings is 1. The summed E-state index contributed by atoms with van der Waals surface area (Å²) in [7, 11) is 0. The van der Waals surface area contributed by atoms with Crippen LogP contribution >= 0.6 is 15.9 Å². The van der Waals surface area contributed by atoms with Crippen LogP contribution in [0.25, 0.3) is 0 Å². The standard InChI is InChI=1S/C13H15BrN2O/c1-3-12-9(2)15-16(13(12)17)8-10-5-4-6-11(14)7-10/h4-7,15H,3,8H2,1-2H3. The Labute approximate surface area is 109 Å². The van der Waals surface area contributed by atoms with Gasteiger partial charge >= 0.3 is 0 Å². The number of nitrogens with zero attached hydrogens (tertiary/aromatic N) is 1. The molecule has 0 radical (unpaired) electrons. The Bertz CT molecular complexity index is 583. The van der Waals surface area contributed by atoms with Crippen LogP contribution in [0.3, 0.4) is 0 Å². The summed E-state index contributed by atoms with van der Waals surface area (Å²) in [5, 5.41) is 3.12. The smallest absolute Gasteiger partial charge is 0.270 e. The van der Waals surface area contributed by atoms with Gasteiger partial charge in [-0.2, -0.15) is 0 Å².